The number of thiazole rings is 1. The van der Waals surface area contributed by atoms with Gasteiger partial charge in [0.25, 0.3) is 11.8 Å². The number of carbonyl (C=O) groups is 2. The van der Waals surface area contributed by atoms with Crippen LogP contribution in [0.25, 0.3) is 10.2 Å². The van der Waals surface area contributed by atoms with E-state index in [2.05, 4.69) is 20.9 Å². The summed E-state index contributed by atoms with van der Waals surface area (Å²) in [5.41, 5.74) is 1.90. The minimum absolute atomic E-state index is 0.00664. The van der Waals surface area contributed by atoms with Crippen LogP contribution in [-0.2, 0) is 0 Å². The monoisotopic (exact) mass is 501 g/mol. The van der Waals surface area contributed by atoms with Crippen LogP contribution in [0.3, 0.4) is 0 Å². The van der Waals surface area contributed by atoms with Gasteiger partial charge in [-0.15, -0.1) is 0 Å². The lowest BCUT2D eigenvalue weighted by atomic mass is 9.91. The highest BCUT2D eigenvalue weighted by atomic mass is 32.1. The van der Waals surface area contributed by atoms with Crippen molar-refractivity contribution in [1.82, 2.24) is 20.6 Å². The van der Waals surface area contributed by atoms with Gasteiger partial charge in [-0.3, -0.25) is 14.6 Å². The quantitative estimate of drug-likeness (QED) is 0.329. The van der Waals surface area contributed by atoms with Crippen molar-refractivity contribution in [2.75, 3.05) is 12.4 Å². The molecule has 5 rings (SSSR count). The van der Waals surface area contributed by atoms with E-state index in [-0.39, 0.29) is 17.9 Å². The Morgan fingerprint density at radius 2 is 1.67 bits per heavy atom. The fourth-order valence-electron chi connectivity index (χ4n) is 4.31. The number of benzene rings is 2. The van der Waals surface area contributed by atoms with Gasteiger partial charge in [-0.25, -0.2) is 4.98 Å². The average Bonchev–Trinajstić information content (AvgIpc) is 3.31. The number of hydrogen-bond acceptors (Lipinski definition) is 7. The lowest BCUT2D eigenvalue weighted by molar-refractivity contribution is 0.0924. The highest BCUT2D eigenvalue weighted by Gasteiger charge is 2.23. The Hall–Kier alpha value is -3.98. The molecular weight excluding hydrogens is 474 g/mol. The molecule has 2 aromatic carbocycles. The highest BCUT2D eigenvalue weighted by molar-refractivity contribution is 7.22. The van der Waals surface area contributed by atoms with E-state index >= 15 is 0 Å². The molecule has 0 radical (unpaired) electrons. The molecule has 0 saturated heterocycles. The zero-order valence-electron chi connectivity index (χ0n) is 19.9. The summed E-state index contributed by atoms with van der Waals surface area (Å²) >= 11 is 1.59. The van der Waals surface area contributed by atoms with Gasteiger partial charge in [0, 0.05) is 43.0 Å². The summed E-state index contributed by atoms with van der Waals surface area (Å²) in [5.74, 6) is 0.942. The minimum atomic E-state index is -0.262. The van der Waals surface area contributed by atoms with E-state index < -0.39 is 0 Å². The lowest BCUT2D eigenvalue weighted by Gasteiger charge is -2.29. The van der Waals surface area contributed by atoms with Gasteiger partial charge in [-0.1, -0.05) is 29.5 Å². The summed E-state index contributed by atoms with van der Waals surface area (Å²) in [4.78, 5) is 33.0. The largest absolute Gasteiger partial charge is 0.457 e. The number of carbonyl (C=O) groups excluding carboxylic acids is 2. The first-order chi connectivity index (χ1) is 17.6. The number of nitrogens with one attached hydrogen (secondary N) is 3. The number of amides is 2. The van der Waals surface area contributed by atoms with Gasteiger partial charge in [0.2, 0.25) is 0 Å². The third kappa shape index (κ3) is 5.63. The number of ether oxygens (including phenoxy) is 1. The summed E-state index contributed by atoms with van der Waals surface area (Å²) in [6.45, 7) is 0. The van der Waals surface area contributed by atoms with Crippen LogP contribution in [0, 0.1) is 0 Å². The second-order valence-electron chi connectivity index (χ2n) is 8.74. The van der Waals surface area contributed by atoms with Gasteiger partial charge >= 0.3 is 0 Å². The Labute approximate surface area is 213 Å². The number of pyridine rings is 1. The first-order valence-corrected chi connectivity index (χ1v) is 12.8. The number of anilines is 1. The summed E-state index contributed by atoms with van der Waals surface area (Å²) in [7, 11) is 1.57. The first kappa shape index (κ1) is 23.7. The standard InChI is InChI=1S/C27H27N5O3S/c1-28-26(34)23-15-21(13-14-29-23)35-20-11-12-22-24(16-20)36-27(32-22)31-19-9-7-18(8-10-19)30-25(33)17-5-3-2-4-6-17/h2-6,11-16,18-19H,7-10H2,1H3,(H,28,34)(H,30,33)(H,31,32). The molecule has 1 aliphatic rings. The van der Waals surface area contributed by atoms with Crippen LogP contribution in [0.5, 0.6) is 11.5 Å². The van der Waals surface area contributed by atoms with Crippen LogP contribution in [0.15, 0.2) is 66.9 Å². The van der Waals surface area contributed by atoms with Crippen molar-refractivity contribution in [2.24, 2.45) is 0 Å². The first-order valence-electron chi connectivity index (χ1n) is 12.0. The van der Waals surface area contributed by atoms with Gasteiger partial charge in [0.05, 0.1) is 10.2 Å². The molecule has 184 valence electrons. The molecule has 0 bridgehead atoms. The summed E-state index contributed by atoms with van der Waals surface area (Å²) < 4.78 is 6.97. The van der Waals surface area contributed by atoms with Crippen LogP contribution < -0.4 is 20.7 Å². The topological polar surface area (TPSA) is 105 Å². The predicted octanol–water partition coefficient (Wildman–Crippen LogP) is 5.00. The van der Waals surface area contributed by atoms with Crippen LogP contribution in [0.4, 0.5) is 5.13 Å². The van der Waals surface area contributed by atoms with Gasteiger partial charge in [-0.05, 0) is 56.0 Å². The summed E-state index contributed by atoms with van der Waals surface area (Å²) in [6, 6.07) is 19.0. The smallest absolute Gasteiger partial charge is 0.269 e. The van der Waals surface area contributed by atoms with Crippen molar-refractivity contribution in [1.29, 1.82) is 0 Å². The highest BCUT2D eigenvalue weighted by Crippen LogP contribution is 2.33. The third-order valence-corrected chi connectivity index (χ3v) is 7.16. The molecule has 1 aliphatic carbocycles. The second kappa shape index (κ2) is 10.7. The minimum Gasteiger partial charge on any atom is -0.457 e. The van der Waals surface area contributed by atoms with E-state index in [1.54, 1.807) is 36.7 Å². The molecule has 9 heteroatoms. The maximum absolute atomic E-state index is 12.4. The van der Waals surface area contributed by atoms with Crippen molar-refractivity contribution in [2.45, 2.75) is 37.8 Å². The van der Waals surface area contributed by atoms with Crippen molar-refractivity contribution >= 4 is 38.5 Å². The third-order valence-electron chi connectivity index (χ3n) is 6.21. The normalized spacial score (nSPS) is 17.4. The number of nitrogens with zero attached hydrogens (tertiary/aromatic N) is 2. The molecule has 1 saturated carbocycles. The molecule has 0 spiro atoms. The van der Waals surface area contributed by atoms with Crippen molar-refractivity contribution < 1.29 is 14.3 Å². The Kier molecular flexibility index (Phi) is 7.08. The number of hydrogen-bond donors (Lipinski definition) is 3. The van der Waals surface area contributed by atoms with Gasteiger partial charge in [0.1, 0.15) is 17.2 Å². The number of fused-ring (bicyclic) bond motifs is 1. The van der Waals surface area contributed by atoms with E-state index in [0.717, 1.165) is 41.0 Å². The van der Waals surface area contributed by atoms with Gasteiger partial charge < -0.3 is 20.7 Å². The van der Waals surface area contributed by atoms with Crippen LogP contribution in [0.1, 0.15) is 46.5 Å². The van der Waals surface area contributed by atoms with Crippen LogP contribution >= 0.6 is 11.3 Å². The fraction of sp³-hybridized carbons (Fsp3) is 0.259. The molecule has 0 unspecified atom stereocenters. The van der Waals surface area contributed by atoms with E-state index in [4.69, 9.17) is 9.72 Å². The molecule has 2 amide bonds. The average molecular weight is 502 g/mol. The van der Waals surface area contributed by atoms with Gasteiger partial charge in [0.15, 0.2) is 5.13 Å². The maximum atomic E-state index is 12.4. The Morgan fingerprint density at radius 1 is 0.917 bits per heavy atom. The maximum Gasteiger partial charge on any atom is 0.269 e. The SMILES string of the molecule is CNC(=O)c1cc(Oc2ccc3nc(NC4CCC(NC(=O)c5ccccc5)CC4)sc3c2)ccn1. The van der Waals surface area contributed by atoms with Crippen molar-refractivity contribution in [3.8, 4) is 11.5 Å². The molecule has 0 aliphatic heterocycles. The Balaban J connectivity index is 1.17. The van der Waals surface area contributed by atoms with E-state index in [1.165, 1.54) is 0 Å². The number of rotatable bonds is 7. The molecule has 2 heterocycles. The van der Waals surface area contributed by atoms with Crippen LogP contribution in [-0.4, -0.2) is 40.9 Å². The summed E-state index contributed by atoms with van der Waals surface area (Å²) in [5, 5.41) is 10.2. The molecule has 2 aromatic heterocycles. The molecule has 36 heavy (non-hydrogen) atoms. The molecule has 0 atom stereocenters. The molecule has 1 fully saturated rings. The van der Waals surface area contributed by atoms with Crippen LogP contribution in [0.2, 0.25) is 0 Å². The van der Waals surface area contributed by atoms with E-state index in [9.17, 15) is 9.59 Å². The van der Waals surface area contributed by atoms with E-state index in [1.807, 2.05) is 48.5 Å². The predicted molar refractivity (Wildman–Crippen MR) is 141 cm³/mol. The van der Waals surface area contributed by atoms with Crippen molar-refractivity contribution in [3.05, 3.63) is 78.1 Å². The Bertz CT molecular complexity index is 1370. The summed E-state index contributed by atoms with van der Waals surface area (Å²) in [6.07, 6.45) is 5.36. The zero-order chi connectivity index (χ0) is 24.9. The fourth-order valence-corrected chi connectivity index (χ4v) is 5.28. The van der Waals surface area contributed by atoms with E-state index in [0.29, 0.717) is 28.8 Å². The Morgan fingerprint density at radius 3 is 2.44 bits per heavy atom. The molecule has 8 nitrogen and oxygen atoms in total. The zero-order valence-corrected chi connectivity index (χ0v) is 20.7. The second-order valence-corrected chi connectivity index (χ2v) is 9.77. The lowest BCUT2D eigenvalue weighted by Crippen LogP contribution is -2.40. The molecular formula is C27H27N5O3S. The molecule has 3 N–H and O–H groups in total. The van der Waals surface area contributed by atoms with Crippen molar-refractivity contribution in [3.63, 3.8) is 0 Å². The number of aromatic nitrogens is 2. The van der Waals surface area contributed by atoms with Gasteiger partial charge in [-0.2, -0.15) is 0 Å². The molecule has 4 aromatic rings.